The van der Waals surface area contributed by atoms with E-state index >= 15 is 0 Å². The number of aromatic nitrogens is 2. The molecule has 0 spiro atoms. The molecule has 0 aliphatic heterocycles. The van der Waals surface area contributed by atoms with E-state index in [-0.39, 0.29) is 0 Å². The van der Waals surface area contributed by atoms with Crippen LogP contribution in [0.4, 0.5) is 0 Å². The van der Waals surface area contributed by atoms with Gasteiger partial charge in [-0.15, -0.1) is 0 Å². The third-order valence-corrected chi connectivity index (χ3v) is 2.67. The smallest absolute Gasteiger partial charge is 0.336 e. The van der Waals surface area contributed by atoms with Crippen molar-refractivity contribution in [2.75, 3.05) is 0 Å². The first-order chi connectivity index (χ1) is 8.08. The Bertz CT molecular complexity index is 558. The van der Waals surface area contributed by atoms with Gasteiger partial charge in [-0.1, -0.05) is 18.2 Å². The van der Waals surface area contributed by atoms with E-state index in [2.05, 4.69) is 5.10 Å². The number of aryl methyl sites for hydroxylation is 2. The normalized spacial score (nSPS) is 10.5. The Hall–Kier alpha value is -2.10. The van der Waals surface area contributed by atoms with Crippen molar-refractivity contribution in [3.8, 4) is 0 Å². The van der Waals surface area contributed by atoms with E-state index in [1.807, 2.05) is 36.7 Å². The predicted molar refractivity (Wildman–Crippen MR) is 64.2 cm³/mol. The van der Waals surface area contributed by atoms with Gasteiger partial charge < -0.3 is 5.11 Å². The van der Waals surface area contributed by atoms with Crippen molar-refractivity contribution in [1.29, 1.82) is 0 Å². The summed E-state index contributed by atoms with van der Waals surface area (Å²) in [5, 5.41) is 13.4. The lowest BCUT2D eigenvalue weighted by Gasteiger charge is -2.07. The van der Waals surface area contributed by atoms with Crippen LogP contribution in [0.1, 0.15) is 27.3 Å². The molecular weight excluding hydrogens is 216 g/mol. The number of benzene rings is 1. The van der Waals surface area contributed by atoms with Crippen molar-refractivity contribution < 1.29 is 9.90 Å². The fraction of sp³-hybridized carbons (Fsp3) is 0.231. The number of hydrogen-bond acceptors (Lipinski definition) is 2. The molecule has 1 aromatic carbocycles. The summed E-state index contributed by atoms with van der Waals surface area (Å²) >= 11 is 0. The quantitative estimate of drug-likeness (QED) is 0.879. The zero-order valence-electron chi connectivity index (χ0n) is 9.84. The molecule has 2 rings (SSSR count). The van der Waals surface area contributed by atoms with Gasteiger partial charge in [0.05, 0.1) is 17.8 Å². The van der Waals surface area contributed by atoms with E-state index < -0.39 is 5.97 Å². The van der Waals surface area contributed by atoms with Gasteiger partial charge >= 0.3 is 5.97 Å². The molecule has 2 aromatic rings. The number of carbonyl (C=O) groups is 1. The van der Waals surface area contributed by atoms with Crippen LogP contribution in [0.3, 0.4) is 0 Å². The number of carboxylic acids is 1. The maximum absolute atomic E-state index is 11.1. The maximum Gasteiger partial charge on any atom is 0.336 e. The summed E-state index contributed by atoms with van der Waals surface area (Å²) in [4.78, 5) is 11.1. The van der Waals surface area contributed by atoms with Gasteiger partial charge in [0.15, 0.2) is 0 Å². The first-order valence-corrected chi connectivity index (χ1v) is 5.40. The van der Waals surface area contributed by atoms with Crippen LogP contribution in [-0.4, -0.2) is 20.9 Å². The highest BCUT2D eigenvalue weighted by Crippen LogP contribution is 2.12. The third kappa shape index (κ3) is 2.36. The Morgan fingerprint density at radius 3 is 2.65 bits per heavy atom. The van der Waals surface area contributed by atoms with Crippen molar-refractivity contribution >= 4 is 5.97 Å². The second-order valence-electron chi connectivity index (χ2n) is 4.05. The SMILES string of the molecule is Cc1cc(C)n(Cc2ccccc2C(=O)O)n1. The molecular formula is C13H14N2O2. The van der Waals surface area contributed by atoms with Crippen molar-refractivity contribution in [1.82, 2.24) is 9.78 Å². The summed E-state index contributed by atoms with van der Waals surface area (Å²) in [6.45, 7) is 4.37. The van der Waals surface area contributed by atoms with Gasteiger partial charge in [0, 0.05) is 5.69 Å². The Morgan fingerprint density at radius 1 is 1.35 bits per heavy atom. The van der Waals surface area contributed by atoms with Gasteiger partial charge in [-0.25, -0.2) is 4.79 Å². The first kappa shape index (κ1) is 11.4. The van der Waals surface area contributed by atoms with E-state index in [1.165, 1.54) is 0 Å². The lowest BCUT2D eigenvalue weighted by molar-refractivity contribution is 0.0695. The van der Waals surface area contributed by atoms with Crippen molar-refractivity contribution in [2.45, 2.75) is 20.4 Å². The number of carboxylic acid groups (broad SMARTS) is 1. The molecule has 0 unspecified atom stereocenters. The summed E-state index contributed by atoms with van der Waals surface area (Å²) in [6.07, 6.45) is 0. The summed E-state index contributed by atoms with van der Waals surface area (Å²) < 4.78 is 1.82. The minimum atomic E-state index is -0.901. The highest BCUT2D eigenvalue weighted by Gasteiger charge is 2.10. The summed E-state index contributed by atoms with van der Waals surface area (Å²) in [6, 6.07) is 8.98. The number of aromatic carboxylic acids is 1. The van der Waals surface area contributed by atoms with E-state index in [4.69, 9.17) is 5.11 Å². The van der Waals surface area contributed by atoms with Crippen LogP contribution in [0.5, 0.6) is 0 Å². The van der Waals surface area contributed by atoms with E-state index in [0.29, 0.717) is 12.1 Å². The molecule has 0 aliphatic carbocycles. The molecule has 4 heteroatoms. The van der Waals surface area contributed by atoms with Crippen LogP contribution in [-0.2, 0) is 6.54 Å². The monoisotopic (exact) mass is 230 g/mol. The molecule has 1 heterocycles. The number of nitrogens with zero attached hydrogens (tertiary/aromatic N) is 2. The Morgan fingerprint density at radius 2 is 2.06 bits per heavy atom. The Labute approximate surface area is 99.5 Å². The summed E-state index contributed by atoms with van der Waals surface area (Å²) in [5.41, 5.74) is 3.07. The van der Waals surface area contributed by atoms with Crippen LogP contribution < -0.4 is 0 Å². The summed E-state index contributed by atoms with van der Waals surface area (Å²) in [7, 11) is 0. The molecule has 0 saturated carbocycles. The molecule has 0 atom stereocenters. The van der Waals surface area contributed by atoms with Crippen LogP contribution in [0.15, 0.2) is 30.3 Å². The predicted octanol–water partition coefficient (Wildman–Crippen LogP) is 2.25. The largest absolute Gasteiger partial charge is 0.478 e. The lowest BCUT2D eigenvalue weighted by atomic mass is 10.1. The van der Waals surface area contributed by atoms with Gasteiger partial charge in [-0.2, -0.15) is 5.10 Å². The molecule has 88 valence electrons. The van der Waals surface area contributed by atoms with Crippen molar-refractivity contribution in [3.63, 3.8) is 0 Å². The number of rotatable bonds is 3. The van der Waals surface area contributed by atoms with Gasteiger partial charge in [-0.3, -0.25) is 4.68 Å². The number of hydrogen-bond donors (Lipinski definition) is 1. The van der Waals surface area contributed by atoms with Gasteiger partial charge in [0.25, 0.3) is 0 Å². The molecule has 0 fully saturated rings. The minimum Gasteiger partial charge on any atom is -0.478 e. The van der Waals surface area contributed by atoms with Crippen LogP contribution in [0.2, 0.25) is 0 Å². The fourth-order valence-electron chi connectivity index (χ4n) is 1.86. The second-order valence-corrected chi connectivity index (χ2v) is 4.05. The lowest BCUT2D eigenvalue weighted by Crippen LogP contribution is -2.09. The Kier molecular flexibility index (Phi) is 2.95. The summed E-state index contributed by atoms with van der Waals surface area (Å²) in [5.74, 6) is -0.901. The molecule has 1 N–H and O–H groups in total. The van der Waals surface area contributed by atoms with Crippen LogP contribution in [0, 0.1) is 13.8 Å². The van der Waals surface area contributed by atoms with Crippen molar-refractivity contribution in [2.24, 2.45) is 0 Å². The third-order valence-electron chi connectivity index (χ3n) is 2.67. The van der Waals surface area contributed by atoms with Crippen LogP contribution >= 0.6 is 0 Å². The average molecular weight is 230 g/mol. The van der Waals surface area contributed by atoms with E-state index in [1.54, 1.807) is 12.1 Å². The second kappa shape index (κ2) is 4.41. The van der Waals surface area contributed by atoms with E-state index in [0.717, 1.165) is 17.0 Å². The molecule has 0 amide bonds. The molecule has 0 aliphatic rings. The standard InChI is InChI=1S/C13H14N2O2/c1-9-7-10(2)15(14-9)8-11-5-3-4-6-12(11)13(16)17/h3-7H,8H2,1-2H3,(H,16,17). The molecule has 0 saturated heterocycles. The van der Waals surface area contributed by atoms with Crippen LogP contribution in [0.25, 0.3) is 0 Å². The molecule has 1 aromatic heterocycles. The topological polar surface area (TPSA) is 55.1 Å². The molecule has 17 heavy (non-hydrogen) atoms. The zero-order valence-corrected chi connectivity index (χ0v) is 9.84. The van der Waals surface area contributed by atoms with Crippen molar-refractivity contribution in [3.05, 3.63) is 52.8 Å². The highest BCUT2D eigenvalue weighted by atomic mass is 16.4. The molecule has 4 nitrogen and oxygen atoms in total. The fourth-order valence-corrected chi connectivity index (χ4v) is 1.86. The maximum atomic E-state index is 11.1. The zero-order chi connectivity index (χ0) is 12.4. The molecule has 0 radical (unpaired) electrons. The van der Waals surface area contributed by atoms with E-state index in [9.17, 15) is 4.79 Å². The first-order valence-electron chi connectivity index (χ1n) is 5.40. The minimum absolute atomic E-state index is 0.333. The molecule has 0 bridgehead atoms. The Balaban J connectivity index is 2.36. The highest BCUT2D eigenvalue weighted by molar-refractivity contribution is 5.89. The average Bonchev–Trinajstić information content (AvgIpc) is 2.58. The van der Waals surface area contributed by atoms with Gasteiger partial charge in [-0.05, 0) is 31.5 Å². The van der Waals surface area contributed by atoms with Gasteiger partial charge in [0.1, 0.15) is 0 Å². The van der Waals surface area contributed by atoms with Gasteiger partial charge in [0.2, 0.25) is 0 Å².